The smallest absolute Gasteiger partial charge is 0.226 e. The predicted molar refractivity (Wildman–Crippen MR) is 71.7 cm³/mol. The highest BCUT2D eigenvalue weighted by Gasteiger charge is 2.08. The molecule has 0 radical (unpaired) electrons. The van der Waals surface area contributed by atoms with Gasteiger partial charge in [0.2, 0.25) is 11.8 Å². The van der Waals surface area contributed by atoms with Gasteiger partial charge in [-0.25, -0.2) is 4.98 Å². The number of carbonyl (C=O) groups is 2. The van der Waals surface area contributed by atoms with Crippen molar-refractivity contribution < 1.29 is 9.59 Å². The molecule has 0 unspecified atom stereocenters. The fraction of sp³-hybridized carbons (Fsp3) is 0.545. The van der Waals surface area contributed by atoms with Crippen LogP contribution in [0.15, 0.2) is 5.38 Å². The van der Waals surface area contributed by atoms with Crippen LogP contribution in [0.4, 0.5) is 0 Å². The van der Waals surface area contributed by atoms with E-state index in [1.54, 1.807) is 0 Å². The van der Waals surface area contributed by atoms with Crippen LogP contribution < -0.4 is 10.6 Å². The number of hydrogen-bond donors (Lipinski definition) is 2. The topological polar surface area (TPSA) is 71.1 Å². The van der Waals surface area contributed by atoms with Gasteiger partial charge in [-0.2, -0.15) is 0 Å². The summed E-state index contributed by atoms with van der Waals surface area (Å²) in [4.78, 5) is 26.9. The SMILES string of the molecule is CCNC(=O)CCNC(=O)Cc1nc(CCl)cs1. The van der Waals surface area contributed by atoms with Crippen molar-refractivity contribution in [1.29, 1.82) is 0 Å². The number of rotatable bonds is 7. The minimum atomic E-state index is -0.130. The second-order valence-electron chi connectivity index (χ2n) is 3.60. The Hall–Kier alpha value is -1.14. The van der Waals surface area contributed by atoms with E-state index >= 15 is 0 Å². The molecule has 1 aromatic rings. The van der Waals surface area contributed by atoms with Crippen molar-refractivity contribution >= 4 is 34.8 Å². The molecule has 1 heterocycles. The van der Waals surface area contributed by atoms with Crippen molar-refractivity contribution in [3.05, 3.63) is 16.1 Å². The zero-order valence-electron chi connectivity index (χ0n) is 10.2. The molecule has 7 heteroatoms. The van der Waals surface area contributed by atoms with Crippen LogP contribution in [0.3, 0.4) is 0 Å². The van der Waals surface area contributed by atoms with Gasteiger partial charge in [0.05, 0.1) is 18.0 Å². The Kier molecular flexibility index (Phi) is 6.67. The lowest BCUT2D eigenvalue weighted by molar-refractivity contribution is -0.121. The fourth-order valence-electron chi connectivity index (χ4n) is 1.29. The van der Waals surface area contributed by atoms with Gasteiger partial charge in [-0.15, -0.1) is 22.9 Å². The number of alkyl halides is 1. The molecule has 0 bridgehead atoms. The van der Waals surface area contributed by atoms with Crippen molar-refractivity contribution in [2.75, 3.05) is 13.1 Å². The summed E-state index contributed by atoms with van der Waals surface area (Å²) in [5.74, 6) is 0.168. The van der Waals surface area contributed by atoms with Gasteiger partial charge in [0.15, 0.2) is 0 Å². The molecule has 0 saturated carbocycles. The van der Waals surface area contributed by atoms with E-state index in [9.17, 15) is 9.59 Å². The van der Waals surface area contributed by atoms with Crippen LogP contribution in [0, 0.1) is 0 Å². The van der Waals surface area contributed by atoms with E-state index in [-0.39, 0.29) is 18.2 Å². The van der Waals surface area contributed by atoms with E-state index < -0.39 is 0 Å². The molecule has 2 amide bonds. The third kappa shape index (κ3) is 5.46. The van der Waals surface area contributed by atoms with Crippen LogP contribution in [0.1, 0.15) is 24.0 Å². The zero-order valence-corrected chi connectivity index (χ0v) is 11.7. The molecule has 0 aliphatic rings. The van der Waals surface area contributed by atoms with Crippen molar-refractivity contribution in [1.82, 2.24) is 15.6 Å². The standard InChI is InChI=1S/C11H16ClN3O2S/c1-2-13-9(16)3-4-14-10(17)5-11-15-8(6-12)7-18-11/h7H,2-6H2,1H3,(H,13,16)(H,14,17). The van der Waals surface area contributed by atoms with Gasteiger partial charge >= 0.3 is 0 Å². The van der Waals surface area contributed by atoms with E-state index in [1.807, 2.05) is 12.3 Å². The summed E-state index contributed by atoms with van der Waals surface area (Å²) in [5, 5.41) is 7.92. The van der Waals surface area contributed by atoms with Crippen LogP contribution in [0.2, 0.25) is 0 Å². The monoisotopic (exact) mass is 289 g/mol. The molecular formula is C11H16ClN3O2S. The van der Waals surface area contributed by atoms with Crippen LogP contribution in [0.25, 0.3) is 0 Å². The Bertz CT molecular complexity index is 409. The Balaban J connectivity index is 2.23. The summed E-state index contributed by atoms with van der Waals surface area (Å²) in [5.41, 5.74) is 0.784. The van der Waals surface area contributed by atoms with E-state index in [4.69, 9.17) is 11.6 Å². The molecule has 18 heavy (non-hydrogen) atoms. The summed E-state index contributed by atoms with van der Waals surface area (Å²) in [6.45, 7) is 2.80. The summed E-state index contributed by atoms with van der Waals surface area (Å²) in [6, 6.07) is 0. The first-order chi connectivity index (χ1) is 8.65. The lowest BCUT2D eigenvalue weighted by Gasteiger charge is -2.04. The summed E-state index contributed by atoms with van der Waals surface area (Å²) < 4.78 is 0. The first-order valence-electron chi connectivity index (χ1n) is 5.68. The highest BCUT2D eigenvalue weighted by Crippen LogP contribution is 2.11. The number of nitrogens with one attached hydrogen (secondary N) is 2. The summed E-state index contributed by atoms with van der Waals surface area (Å²) in [7, 11) is 0. The molecule has 2 N–H and O–H groups in total. The number of amides is 2. The first kappa shape index (κ1) is 14.9. The molecule has 0 saturated heterocycles. The quantitative estimate of drug-likeness (QED) is 0.738. The lowest BCUT2D eigenvalue weighted by Crippen LogP contribution is -2.31. The molecule has 0 atom stereocenters. The maximum Gasteiger partial charge on any atom is 0.226 e. The zero-order chi connectivity index (χ0) is 13.4. The van der Waals surface area contributed by atoms with Gasteiger partial charge in [0.25, 0.3) is 0 Å². The molecule has 0 spiro atoms. The number of aromatic nitrogens is 1. The van der Waals surface area contributed by atoms with E-state index in [0.29, 0.717) is 25.4 Å². The van der Waals surface area contributed by atoms with Crippen LogP contribution in [-0.2, 0) is 21.9 Å². The third-order valence-corrected chi connectivity index (χ3v) is 3.27. The molecule has 5 nitrogen and oxygen atoms in total. The maximum atomic E-state index is 11.5. The summed E-state index contributed by atoms with van der Waals surface area (Å²) in [6.07, 6.45) is 0.529. The molecular weight excluding hydrogens is 274 g/mol. The van der Waals surface area contributed by atoms with Crippen LogP contribution in [-0.4, -0.2) is 29.9 Å². The Labute approximate surface area is 115 Å². The fourth-order valence-corrected chi connectivity index (χ4v) is 2.31. The van der Waals surface area contributed by atoms with Gasteiger partial charge in [0.1, 0.15) is 5.01 Å². The minimum absolute atomic E-state index is 0.0588. The molecule has 0 aliphatic carbocycles. The average molecular weight is 290 g/mol. The largest absolute Gasteiger partial charge is 0.356 e. The van der Waals surface area contributed by atoms with Crippen LogP contribution >= 0.6 is 22.9 Å². The van der Waals surface area contributed by atoms with Gasteiger partial charge in [-0.3, -0.25) is 9.59 Å². The van der Waals surface area contributed by atoms with Gasteiger partial charge in [-0.05, 0) is 6.92 Å². The average Bonchev–Trinajstić information content (AvgIpc) is 2.77. The predicted octanol–water partition coefficient (Wildman–Crippen LogP) is 1.07. The van der Waals surface area contributed by atoms with E-state index in [1.165, 1.54) is 11.3 Å². The first-order valence-corrected chi connectivity index (χ1v) is 7.09. The lowest BCUT2D eigenvalue weighted by atomic mass is 10.3. The number of carbonyl (C=O) groups excluding carboxylic acids is 2. The molecule has 0 aromatic carbocycles. The van der Waals surface area contributed by atoms with Crippen molar-refractivity contribution in [3.8, 4) is 0 Å². The van der Waals surface area contributed by atoms with Gasteiger partial charge in [0, 0.05) is 24.9 Å². The number of hydrogen-bond acceptors (Lipinski definition) is 4. The molecule has 100 valence electrons. The Morgan fingerprint density at radius 3 is 2.78 bits per heavy atom. The maximum absolute atomic E-state index is 11.5. The second kappa shape index (κ2) is 8.05. The highest BCUT2D eigenvalue weighted by molar-refractivity contribution is 7.09. The molecule has 1 aromatic heterocycles. The minimum Gasteiger partial charge on any atom is -0.356 e. The van der Waals surface area contributed by atoms with E-state index in [2.05, 4.69) is 15.6 Å². The van der Waals surface area contributed by atoms with Crippen molar-refractivity contribution in [2.24, 2.45) is 0 Å². The normalized spacial score (nSPS) is 10.1. The summed E-state index contributed by atoms with van der Waals surface area (Å²) >= 11 is 7.04. The van der Waals surface area contributed by atoms with Gasteiger partial charge < -0.3 is 10.6 Å². The number of nitrogens with zero attached hydrogens (tertiary/aromatic N) is 1. The van der Waals surface area contributed by atoms with Crippen LogP contribution in [0.5, 0.6) is 0 Å². The third-order valence-electron chi connectivity index (χ3n) is 2.10. The second-order valence-corrected chi connectivity index (χ2v) is 4.81. The van der Waals surface area contributed by atoms with Gasteiger partial charge in [-0.1, -0.05) is 0 Å². The molecule has 1 rings (SSSR count). The molecule has 0 fully saturated rings. The molecule has 0 aliphatic heterocycles. The van der Waals surface area contributed by atoms with E-state index in [0.717, 1.165) is 10.7 Å². The Morgan fingerprint density at radius 1 is 1.39 bits per heavy atom. The highest BCUT2D eigenvalue weighted by atomic mass is 35.5. The number of halogens is 1. The Morgan fingerprint density at radius 2 is 2.17 bits per heavy atom. The van der Waals surface area contributed by atoms with Crippen molar-refractivity contribution in [3.63, 3.8) is 0 Å². The number of thiazole rings is 1. The van der Waals surface area contributed by atoms with Crippen molar-refractivity contribution in [2.45, 2.75) is 25.6 Å².